The molecule has 0 radical (unpaired) electrons. The van der Waals surface area contributed by atoms with Crippen LogP contribution < -0.4 is 5.73 Å². The SMILES string of the molecule is Cc1nc(CCCc2ccc(N)cc2)n(C)n1. The molecule has 2 aromatic rings. The van der Waals surface area contributed by atoms with E-state index in [1.165, 1.54) is 5.56 Å². The Kier molecular flexibility index (Phi) is 3.42. The van der Waals surface area contributed by atoms with Crippen LogP contribution >= 0.6 is 0 Å². The summed E-state index contributed by atoms with van der Waals surface area (Å²) in [5.74, 6) is 1.90. The molecule has 1 heterocycles. The average Bonchev–Trinajstić information content (AvgIpc) is 2.60. The Bertz CT molecular complexity index is 485. The number of rotatable bonds is 4. The molecular weight excluding hydrogens is 212 g/mol. The molecule has 4 heteroatoms. The summed E-state index contributed by atoms with van der Waals surface area (Å²) in [6.07, 6.45) is 3.09. The van der Waals surface area contributed by atoms with E-state index in [-0.39, 0.29) is 0 Å². The summed E-state index contributed by atoms with van der Waals surface area (Å²) in [5.41, 5.74) is 7.78. The molecular formula is C13H18N4. The second-order valence-electron chi connectivity index (χ2n) is 4.29. The van der Waals surface area contributed by atoms with E-state index in [4.69, 9.17) is 5.73 Å². The van der Waals surface area contributed by atoms with Gasteiger partial charge in [-0.05, 0) is 37.5 Å². The lowest BCUT2D eigenvalue weighted by molar-refractivity contribution is 0.669. The Labute approximate surface area is 101 Å². The standard InChI is InChI=1S/C13H18N4/c1-10-15-13(17(2)16-10)5-3-4-11-6-8-12(14)9-7-11/h6-9H,3-5,14H2,1-2H3. The van der Waals surface area contributed by atoms with Crippen LogP contribution in [0.1, 0.15) is 23.6 Å². The summed E-state index contributed by atoms with van der Waals surface area (Å²) < 4.78 is 1.86. The van der Waals surface area contributed by atoms with Crippen LogP contribution in [0, 0.1) is 6.92 Å². The fourth-order valence-corrected chi connectivity index (χ4v) is 1.91. The number of aromatic nitrogens is 3. The van der Waals surface area contributed by atoms with Gasteiger partial charge in [-0.1, -0.05) is 12.1 Å². The molecule has 2 rings (SSSR count). The van der Waals surface area contributed by atoms with Crippen molar-refractivity contribution in [2.45, 2.75) is 26.2 Å². The van der Waals surface area contributed by atoms with E-state index in [9.17, 15) is 0 Å². The monoisotopic (exact) mass is 230 g/mol. The van der Waals surface area contributed by atoms with E-state index in [0.717, 1.165) is 36.6 Å². The lowest BCUT2D eigenvalue weighted by Gasteiger charge is -2.02. The Morgan fingerprint density at radius 3 is 2.47 bits per heavy atom. The second kappa shape index (κ2) is 4.99. The van der Waals surface area contributed by atoms with Gasteiger partial charge in [0.1, 0.15) is 11.6 Å². The van der Waals surface area contributed by atoms with Gasteiger partial charge in [0.15, 0.2) is 0 Å². The Morgan fingerprint density at radius 2 is 1.88 bits per heavy atom. The zero-order valence-electron chi connectivity index (χ0n) is 10.3. The maximum absolute atomic E-state index is 5.65. The van der Waals surface area contributed by atoms with Gasteiger partial charge < -0.3 is 5.73 Å². The van der Waals surface area contributed by atoms with Gasteiger partial charge in [0.05, 0.1) is 0 Å². The summed E-state index contributed by atoms with van der Waals surface area (Å²) in [7, 11) is 1.94. The number of hydrogen-bond donors (Lipinski definition) is 1. The van der Waals surface area contributed by atoms with Crippen LogP contribution in [0.3, 0.4) is 0 Å². The molecule has 2 N–H and O–H groups in total. The third-order valence-corrected chi connectivity index (χ3v) is 2.80. The molecule has 0 aliphatic carbocycles. The first-order valence-corrected chi connectivity index (χ1v) is 5.86. The molecule has 0 saturated heterocycles. The van der Waals surface area contributed by atoms with Gasteiger partial charge in [-0.25, -0.2) is 4.98 Å². The largest absolute Gasteiger partial charge is 0.399 e. The molecule has 0 fully saturated rings. The van der Waals surface area contributed by atoms with Gasteiger partial charge in [-0.15, -0.1) is 0 Å². The highest BCUT2D eigenvalue weighted by Crippen LogP contribution is 2.09. The lowest BCUT2D eigenvalue weighted by atomic mass is 10.1. The molecule has 0 atom stereocenters. The summed E-state index contributed by atoms with van der Waals surface area (Å²) in [6.45, 7) is 1.92. The summed E-state index contributed by atoms with van der Waals surface area (Å²) in [5, 5.41) is 4.24. The maximum Gasteiger partial charge on any atom is 0.147 e. The number of anilines is 1. The number of hydrogen-bond acceptors (Lipinski definition) is 3. The van der Waals surface area contributed by atoms with Crippen molar-refractivity contribution in [3.05, 3.63) is 41.5 Å². The molecule has 17 heavy (non-hydrogen) atoms. The zero-order chi connectivity index (χ0) is 12.3. The minimum atomic E-state index is 0.817. The Morgan fingerprint density at radius 1 is 1.18 bits per heavy atom. The fraction of sp³-hybridized carbons (Fsp3) is 0.385. The molecule has 0 aliphatic rings. The van der Waals surface area contributed by atoms with Gasteiger partial charge in [-0.2, -0.15) is 5.10 Å². The van der Waals surface area contributed by atoms with Gasteiger partial charge >= 0.3 is 0 Å². The molecule has 0 unspecified atom stereocenters. The van der Waals surface area contributed by atoms with E-state index < -0.39 is 0 Å². The highest BCUT2D eigenvalue weighted by molar-refractivity contribution is 5.39. The number of nitrogens with zero attached hydrogens (tertiary/aromatic N) is 3. The molecule has 1 aromatic carbocycles. The number of benzene rings is 1. The van der Waals surface area contributed by atoms with Crippen LogP contribution in [0.15, 0.2) is 24.3 Å². The highest BCUT2D eigenvalue weighted by Gasteiger charge is 2.03. The first-order valence-electron chi connectivity index (χ1n) is 5.86. The van der Waals surface area contributed by atoms with Crippen molar-refractivity contribution in [3.63, 3.8) is 0 Å². The quantitative estimate of drug-likeness (QED) is 0.816. The minimum Gasteiger partial charge on any atom is -0.399 e. The van der Waals surface area contributed by atoms with Crippen LogP contribution in [0.25, 0.3) is 0 Å². The van der Waals surface area contributed by atoms with Crippen LogP contribution in [0.2, 0.25) is 0 Å². The highest BCUT2D eigenvalue weighted by atomic mass is 15.3. The number of aryl methyl sites for hydroxylation is 4. The Hall–Kier alpha value is -1.84. The lowest BCUT2D eigenvalue weighted by Crippen LogP contribution is -2.00. The van der Waals surface area contributed by atoms with Crippen LogP contribution in [-0.2, 0) is 19.9 Å². The van der Waals surface area contributed by atoms with Crippen molar-refractivity contribution in [2.24, 2.45) is 7.05 Å². The molecule has 0 amide bonds. The van der Waals surface area contributed by atoms with Crippen molar-refractivity contribution in [2.75, 3.05) is 5.73 Å². The molecule has 4 nitrogen and oxygen atoms in total. The van der Waals surface area contributed by atoms with Crippen molar-refractivity contribution in [1.29, 1.82) is 0 Å². The molecule has 90 valence electrons. The van der Waals surface area contributed by atoms with E-state index in [1.807, 2.05) is 30.8 Å². The summed E-state index contributed by atoms with van der Waals surface area (Å²) in [4.78, 5) is 4.39. The van der Waals surface area contributed by atoms with Crippen molar-refractivity contribution in [1.82, 2.24) is 14.8 Å². The topological polar surface area (TPSA) is 56.7 Å². The van der Waals surface area contributed by atoms with E-state index in [1.54, 1.807) is 0 Å². The average molecular weight is 230 g/mol. The molecule has 1 aromatic heterocycles. The fourth-order valence-electron chi connectivity index (χ4n) is 1.91. The number of nitrogen functional groups attached to an aromatic ring is 1. The van der Waals surface area contributed by atoms with Crippen LogP contribution in [-0.4, -0.2) is 14.8 Å². The third-order valence-electron chi connectivity index (χ3n) is 2.80. The second-order valence-corrected chi connectivity index (χ2v) is 4.29. The molecule has 0 bridgehead atoms. The van der Waals surface area contributed by atoms with Gasteiger partial charge in [0.2, 0.25) is 0 Å². The Balaban J connectivity index is 1.87. The van der Waals surface area contributed by atoms with E-state index in [0.29, 0.717) is 0 Å². The maximum atomic E-state index is 5.65. The zero-order valence-corrected chi connectivity index (χ0v) is 10.3. The van der Waals surface area contributed by atoms with Crippen LogP contribution in [0.4, 0.5) is 5.69 Å². The minimum absolute atomic E-state index is 0.817. The van der Waals surface area contributed by atoms with Gasteiger partial charge in [0.25, 0.3) is 0 Å². The number of nitrogens with two attached hydrogens (primary N) is 1. The van der Waals surface area contributed by atoms with E-state index in [2.05, 4.69) is 22.2 Å². The van der Waals surface area contributed by atoms with Gasteiger partial charge in [0, 0.05) is 19.2 Å². The summed E-state index contributed by atoms with van der Waals surface area (Å²) >= 11 is 0. The molecule has 0 aliphatic heterocycles. The smallest absolute Gasteiger partial charge is 0.147 e. The van der Waals surface area contributed by atoms with Gasteiger partial charge in [-0.3, -0.25) is 4.68 Å². The predicted octanol–water partition coefficient (Wildman–Crippen LogP) is 1.88. The summed E-state index contributed by atoms with van der Waals surface area (Å²) in [6, 6.07) is 8.05. The van der Waals surface area contributed by atoms with Crippen molar-refractivity contribution in [3.8, 4) is 0 Å². The van der Waals surface area contributed by atoms with Crippen molar-refractivity contribution < 1.29 is 0 Å². The molecule has 0 spiro atoms. The van der Waals surface area contributed by atoms with Crippen LogP contribution in [0.5, 0.6) is 0 Å². The molecule has 0 saturated carbocycles. The predicted molar refractivity (Wildman–Crippen MR) is 68.6 cm³/mol. The normalized spacial score (nSPS) is 10.7. The first kappa shape index (κ1) is 11.6. The first-order chi connectivity index (χ1) is 8.15. The van der Waals surface area contributed by atoms with Crippen molar-refractivity contribution >= 4 is 5.69 Å². The van der Waals surface area contributed by atoms with E-state index >= 15 is 0 Å². The third kappa shape index (κ3) is 3.06.